The van der Waals surface area contributed by atoms with E-state index in [1.165, 1.54) is 16.7 Å². The van der Waals surface area contributed by atoms with Crippen molar-refractivity contribution >= 4 is 5.91 Å². The fraction of sp³-hybridized carbons (Fsp3) is 0.370. The van der Waals surface area contributed by atoms with Crippen molar-refractivity contribution in [2.45, 2.75) is 46.1 Å². The van der Waals surface area contributed by atoms with Gasteiger partial charge in [-0.1, -0.05) is 39.0 Å². The third kappa shape index (κ3) is 5.69. The van der Waals surface area contributed by atoms with Crippen molar-refractivity contribution in [1.29, 1.82) is 0 Å². The average Bonchev–Trinajstić information content (AvgIpc) is 3.26. The van der Waals surface area contributed by atoms with Crippen LogP contribution < -0.4 is 19.5 Å². The van der Waals surface area contributed by atoms with Crippen LogP contribution in [0.4, 0.5) is 0 Å². The number of carbonyl (C=O) groups is 1. The van der Waals surface area contributed by atoms with Crippen LogP contribution in [0.25, 0.3) is 0 Å². The van der Waals surface area contributed by atoms with E-state index >= 15 is 0 Å². The summed E-state index contributed by atoms with van der Waals surface area (Å²) < 4.78 is 22.0. The van der Waals surface area contributed by atoms with Gasteiger partial charge in [0.2, 0.25) is 5.75 Å². The Hall–Kier alpha value is -3.41. The molecule has 0 unspecified atom stereocenters. The van der Waals surface area contributed by atoms with Gasteiger partial charge in [-0.3, -0.25) is 4.79 Å². The number of rotatable bonds is 8. The van der Waals surface area contributed by atoms with Crippen molar-refractivity contribution < 1.29 is 23.4 Å². The minimum Gasteiger partial charge on any atom is -0.493 e. The molecule has 0 radical (unpaired) electrons. The van der Waals surface area contributed by atoms with E-state index in [1.807, 2.05) is 6.07 Å². The summed E-state index contributed by atoms with van der Waals surface area (Å²) in [6.07, 6.45) is 0.635. The van der Waals surface area contributed by atoms with E-state index in [9.17, 15) is 4.79 Å². The summed E-state index contributed by atoms with van der Waals surface area (Å²) in [5.41, 5.74) is 4.56. The zero-order valence-electron chi connectivity index (χ0n) is 20.5. The predicted octanol–water partition coefficient (Wildman–Crippen LogP) is 5.43. The van der Waals surface area contributed by atoms with Crippen molar-refractivity contribution in [3.05, 3.63) is 76.2 Å². The Morgan fingerprint density at radius 2 is 1.61 bits per heavy atom. The second-order valence-corrected chi connectivity index (χ2v) is 9.05. The molecular weight excluding hydrogens is 418 g/mol. The molecule has 0 spiro atoms. The van der Waals surface area contributed by atoms with E-state index in [0.717, 1.165) is 11.3 Å². The smallest absolute Gasteiger partial charge is 0.287 e. The lowest BCUT2D eigenvalue weighted by molar-refractivity contribution is 0.0921. The molecule has 0 aliphatic carbocycles. The highest BCUT2D eigenvalue weighted by Crippen LogP contribution is 2.38. The molecule has 2 aromatic carbocycles. The van der Waals surface area contributed by atoms with Crippen molar-refractivity contribution in [3.63, 3.8) is 0 Å². The largest absolute Gasteiger partial charge is 0.493 e. The van der Waals surface area contributed by atoms with Gasteiger partial charge < -0.3 is 23.9 Å². The Kier molecular flexibility index (Phi) is 7.36. The van der Waals surface area contributed by atoms with Crippen LogP contribution in [0.1, 0.15) is 59.3 Å². The van der Waals surface area contributed by atoms with Crippen molar-refractivity contribution in [2.75, 3.05) is 21.3 Å². The molecule has 0 saturated carbocycles. The van der Waals surface area contributed by atoms with Crippen LogP contribution in [-0.4, -0.2) is 27.2 Å². The Balaban J connectivity index is 1.70. The fourth-order valence-electron chi connectivity index (χ4n) is 3.62. The quantitative estimate of drug-likeness (QED) is 0.494. The summed E-state index contributed by atoms with van der Waals surface area (Å²) in [7, 11) is 4.67. The Morgan fingerprint density at radius 3 is 2.18 bits per heavy atom. The van der Waals surface area contributed by atoms with E-state index in [-0.39, 0.29) is 23.6 Å². The van der Waals surface area contributed by atoms with Gasteiger partial charge in [-0.2, -0.15) is 0 Å². The first-order valence-electron chi connectivity index (χ1n) is 10.9. The van der Waals surface area contributed by atoms with Crippen LogP contribution in [0.5, 0.6) is 17.2 Å². The highest BCUT2D eigenvalue weighted by molar-refractivity contribution is 5.91. The van der Waals surface area contributed by atoms with Gasteiger partial charge in [-0.15, -0.1) is 0 Å². The lowest BCUT2D eigenvalue weighted by Crippen LogP contribution is -2.22. The maximum Gasteiger partial charge on any atom is 0.287 e. The molecule has 3 rings (SSSR count). The summed E-state index contributed by atoms with van der Waals surface area (Å²) in [5.74, 6) is 2.33. The number of hydrogen-bond donors (Lipinski definition) is 1. The molecule has 1 aromatic heterocycles. The van der Waals surface area contributed by atoms with Crippen molar-refractivity contribution in [1.82, 2.24) is 5.32 Å². The number of furan rings is 1. The summed E-state index contributed by atoms with van der Waals surface area (Å²) >= 11 is 0. The van der Waals surface area contributed by atoms with Gasteiger partial charge in [-0.05, 0) is 58.9 Å². The monoisotopic (exact) mass is 451 g/mol. The van der Waals surface area contributed by atoms with E-state index in [2.05, 4.69) is 51.2 Å². The number of methoxy groups -OCH3 is 3. The van der Waals surface area contributed by atoms with Crippen LogP contribution in [0.3, 0.4) is 0 Å². The van der Waals surface area contributed by atoms with Crippen LogP contribution in [-0.2, 0) is 18.4 Å². The highest BCUT2D eigenvalue weighted by atomic mass is 16.5. The molecule has 6 heteroatoms. The number of aryl methyl sites for hydroxylation is 1. The topological polar surface area (TPSA) is 69.9 Å². The summed E-state index contributed by atoms with van der Waals surface area (Å²) in [4.78, 5) is 12.7. The fourth-order valence-corrected chi connectivity index (χ4v) is 3.62. The van der Waals surface area contributed by atoms with Gasteiger partial charge in [0.15, 0.2) is 17.3 Å². The first-order chi connectivity index (χ1) is 15.7. The second-order valence-electron chi connectivity index (χ2n) is 9.05. The van der Waals surface area contributed by atoms with Gasteiger partial charge in [0.1, 0.15) is 5.76 Å². The third-order valence-electron chi connectivity index (χ3n) is 5.64. The van der Waals surface area contributed by atoms with Crippen LogP contribution in [0.2, 0.25) is 0 Å². The van der Waals surface area contributed by atoms with Gasteiger partial charge in [-0.25, -0.2) is 0 Å². The first kappa shape index (κ1) is 24.2. The lowest BCUT2D eigenvalue weighted by Gasteiger charge is -2.20. The molecule has 6 nitrogen and oxygen atoms in total. The summed E-state index contributed by atoms with van der Waals surface area (Å²) in [6, 6.07) is 13.7. The highest BCUT2D eigenvalue weighted by Gasteiger charge is 2.17. The molecule has 0 fully saturated rings. The summed E-state index contributed by atoms with van der Waals surface area (Å²) in [5, 5.41) is 2.89. The average molecular weight is 452 g/mol. The molecule has 0 saturated heterocycles. The number of benzene rings is 2. The van der Waals surface area contributed by atoms with Gasteiger partial charge in [0.05, 0.1) is 21.3 Å². The number of ether oxygens (including phenoxy) is 3. The molecule has 176 valence electrons. The summed E-state index contributed by atoms with van der Waals surface area (Å²) in [6.45, 7) is 8.98. The zero-order chi connectivity index (χ0) is 24.2. The molecular formula is C27H33NO5. The molecule has 0 aliphatic rings. The number of carbonyl (C=O) groups excluding carboxylic acids is 1. The first-order valence-corrected chi connectivity index (χ1v) is 10.9. The third-order valence-corrected chi connectivity index (χ3v) is 5.64. The van der Waals surface area contributed by atoms with Gasteiger partial charge >= 0.3 is 0 Å². The molecule has 1 heterocycles. The van der Waals surface area contributed by atoms with E-state index < -0.39 is 0 Å². The molecule has 0 atom stereocenters. The Bertz CT molecular complexity index is 1100. The molecule has 1 N–H and O–H groups in total. The lowest BCUT2D eigenvalue weighted by atomic mass is 9.85. The second kappa shape index (κ2) is 10.0. The van der Waals surface area contributed by atoms with Crippen molar-refractivity contribution in [2.24, 2.45) is 0 Å². The Morgan fingerprint density at radius 1 is 0.939 bits per heavy atom. The molecule has 3 aromatic rings. The van der Waals surface area contributed by atoms with E-state index in [1.54, 1.807) is 39.5 Å². The number of amides is 1. The normalized spacial score (nSPS) is 11.2. The molecule has 0 aliphatic heterocycles. The molecule has 1 amide bonds. The maximum atomic E-state index is 12.7. The van der Waals surface area contributed by atoms with Gasteiger partial charge in [0.25, 0.3) is 5.91 Å². The van der Waals surface area contributed by atoms with E-state index in [4.69, 9.17) is 18.6 Å². The Labute approximate surface area is 195 Å². The maximum absolute atomic E-state index is 12.7. The van der Waals surface area contributed by atoms with Crippen LogP contribution in [0, 0.1) is 6.92 Å². The molecule has 0 bridgehead atoms. The van der Waals surface area contributed by atoms with Crippen LogP contribution in [0.15, 0.2) is 46.9 Å². The minimum absolute atomic E-state index is 0.0729. The van der Waals surface area contributed by atoms with Crippen LogP contribution >= 0.6 is 0 Å². The standard InChI is InChI=1S/C27H33NO5/c1-17-8-9-20(27(2,3)4)14-19(17)15-21-10-11-22(33-21)26(29)28-16-18-12-23(30-5)25(32-7)24(13-18)31-6/h8-14H,15-16H2,1-7H3,(H,28,29). The number of nitrogens with one attached hydrogen (secondary N) is 1. The van der Waals surface area contributed by atoms with E-state index in [0.29, 0.717) is 23.7 Å². The van der Waals surface area contributed by atoms with Gasteiger partial charge in [0, 0.05) is 13.0 Å². The SMILES string of the molecule is COc1cc(CNC(=O)c2ccc(Cc3cc(C(C)(C)C)ccc3C)o2)cc(OC)c1OC. The zero-order valence-corrected chi connectivity index (χ0v) is 20.5. The van der Waals surface area contributed by atoms with Crippen molar-refractivity contribution in [3.8, 4) is 17.2 Å². The predicted molar refractivity (Wildman–Crippen MR) is 129 cm³/mol. The molecule has 33 heavy (non-hydrogen) atoms. The number of hydrogen-bond acceptors (Lipinski definition) is 5. The minimum atomic E-state index is -0.282.